The van der Waals surface area contributed by atoms with E-state index in [9.17, 15) is 4.79 Å². The molecule has 1 atom stereocenters. The molecule has 0 aliphatic carbocycles. The summed E-state index contributed by atoms with van der Waals surface area (Å²) in [5.41, 5.74) is 0. The molecule has 0 spiro atoms. The molecule has 0 amide bonds. The van der Waals surface area contributed by atoms with E-state index in [1.54, 1.807) is 0 Å². The Morgan fingerprint density at radius 1 is 1.32 bits per heavy atom. The summed E-state index contributed by atoms with van der Waals surface area (Å²) < 4.78 is 10.7. The summed E-state index contributed by atoms with van der Waals surface area (Å²) in [6.07, 6.45) is 1.24. The Bertz CT molecular complexity index is 354. The molecule has 1 N–H and O–H groups in total. The van der Waals surface area contributed by atoms with Crippen molar-refractivity contribution in [3.63, 3.8) is 0 Å². The number of hydrogen-bond acceptors (Lipinski definition) is 4. The molecular weight excluding hydrogens is 242 g/mol. The number of carbonyl (C=O) groups is 1. The summed E-state index contributed by atoms with van der Waals surface area (Å²) in [7, 11) is 0. The van der Waals surface area contributed by atoms with Gasteiger partial charge in [-0.1, -0.05) is 25.1 Å². The number of para-hydroxylation sites is 1. The first-order valence-electron chi connectivity index (χ1n) is 6.80. The second-order valence-electron chi connectivity index (χ2n) is 4.42. The molecule has 1 aromatic rings. The van der Waals surface area contributed by atoms with Gasteiger partial charge in [0.05, 0.1) is 13.0 Å². The fraction of sp³-hybridized carbons (Fsp3) is 0.533. The zero-order chi connectivity index (χ0) is 13.9. The number of esters is 1. The van der Waals surface area contributed by atoms with Crippen molar-refractivity contribution in [2.75, 3.05) is 19.7 Å². The van der Waals surface area contributed by atoms with E-state index in [4.69, 9.17) is 9.47 Å². The Balaban J connectivity index is 2.10. The summed E-state index contributed by atoms with van der Waals surface area (Å²) >= 11 is 0. The minimum atomic E-state index is -0.221. The predicted octanol–water partition coefficient (Wildman–Crippen LogP) is 2.39. The van der Waals surface area contributed by atoms with Crippen LogP contribution in [0.1, 0.15) is 26.7 Å². The van der Waals surface area contributed by atoms with E-state index in [2.05, 4.69) is 12.2 Å². The lowest BCUT2D eigenvalue weighted by Gasteiger charge is -2.14. The van der Waals surface area contributed by atoms with Crippen LogP contribution in [0, 0.1) is 0 Å². The third-order valence-corrected chi connectivity index (χ3v) is 2.51. The first-order valence-corrected chi connectivity index (χ1v) is 6.80. The van der Waals surface area contributed by atoms with Crippen LogP contribution in [0.2, 0.25) is 0 Å². The molecule has 0 aliphatic rings. The molecule has 19 heavy (non-hydrogen) atoms. The van der Waals surface area contributed by atoms with Gasteiger partial charge in [0.15, 0.2) is 0 Å². The molecule has 0 aliphatic heterocycles. The molecule has 0 heterocycles. The zero-order valence-electron chi connectivity index (χ0n) is 11.7. The third-order valence-electron chi connectivity index (χ3n) is 2.51. The minimum Gasteiger partial charge on any atom is -0.493 e. The first kappa shape index (κ1) is 15.5. The standard InChI is InChI=1S/C15H23NO3/c1-3-10-16-12-13(2)19-15(17)9-11-18-14-7-5-4-6-8-14/h4-8,13,16H,3,9-12H2,1-2H3. The summed E-state index contributed by atoms with van der Waals surface area (Å²) in [5.74, 6) is 0.551. The summed E-state index contributed by atoms with van der Waals surface area (Å²) in [4.78, 5) is 11.5. The minimum absolute atomic E-state index is 0.101. The summed E-state index contributed by atoms with van der Waals surface area (Å²) in [6, 6.07) is 9.45. The highest BCUT2D eigenvalue weighted by Gasteiger charge is 2.09. The average Bonchev–Trinajstić information content (AvgIpc) is 2.40. The highest BCUT2D eigenvalue weighted by atomic mass is 16.5. The maximum absolute atomic E-state index is 11.5. The van der Waals surface area contributed by atoms with E-state index in [1.807, 2.05) is 37.3 Å². The molecule has 0 aromatic heterocycles. The van der Waals surface area contributed by atoms with Crippen LogP contribution in [0.25, 0.3) is 0 Å². The second-order valence-corrected chi connectivity index (χ2v) is 4.42. The van der Waals surface area contributed by atoms with Gasteiger partial charge in [-0.15, -0.1) is 0 Å². The van der Waals surface area contributed by atoms with Crippen molar-refractivity contribution < 1.29 is 14.3 Å². The molecular formula is C15H23NO3. The van der Waals surface area contributed by atoms with Crippen molar-refractivity contribution in [2.45, 2.75) is 32.8 Å². The van der Waals surface area contributed by atoms with E-state index in [1.165, 1.54) is 0 Å². The molecule has 4 nitrogen and oxygen atoms in total. The van der Waals surface area contributed by atoms with E-state index in [0.29, 0.717) is 13.2 Å². The number of nitrogens with one attached hydrogen (secondary N) is 1. The van der Waals surface area contributed by atoms with E-state index >= 15 is 0 Å². The topological polar surface area (TPSA) is 47.6 Å². The predicted molar refractivity (Wildman–Crippen MR) is 75.3 cm³/mol. The van der Waals surface area contributed by atoms with Gasteiger partial charge in [-0.2, -0.15) is 0 Å². The molecule has 4 heteroatoms. The van der Waals surface area contributed by atoms with Crippen LogP contribution in [-0.2, 0) is 9.53 Å². The van der Waals surface area contributed by atoms with E-state index in [-0.39, 0.29) is 18.5 Å². The van der Waals surface area contributed by atoms with Crippen molar-refractivity contribution in [3.8, 4) is 5.75 Å². The van der Waals surface area contributed by atoms with Crippen LogP contribution in [0.15, 0.2) is 30.3 Å². The number of carbonyl (C=O) groups excluding carboxylic acids is 1. The van der Waals surface area contributed by atoms with Crippen LogP contribution in [-0.4, -0.2) is 31.8 Å². The van der Waals surface area contributed by atoms with Crippen molar-refractivity contribution >= 4 is 5.97 Å². The van der Waals surface area contributed by atoms with Gasteiger partial charge in [0.1, 0.15) is 11.9 Å². The monoisotopic (exact) mass is 265 g/mol. The molecule has 0 radical (unpaired) electrons. The molecule has 0 bridgehead atoms. The summed E-state index contributed by atoms with van der Waals surface area (Å²) in [5, 5.41) is 3.21. The van der Waals surface area contributed by atoms with Gasteiger partial charge in [0.25, 0.3) is 0 Å². The van der Waals surface area contributed by atoms with Crippen molar-refractivity contribution in [1.82, 2.24) is 5.32 Å². The first-order chi connectivity index (χ1) is 9.22. The largest absolute Gasteiger partial charge is 0.493 e. The van der Waals surface area contributed by atoms with E-state index in [0.717, 1.165) is 18.7 Å². The SMILES string of the molecule is CCCNCC(C)OC(=O)CCOc1ccccc1. The number of ether oxygens (including phenoxy) is 2. The smallest absolute Gasteiger partial charge is 0.309 e. The summed E-state index contributed by atoms with van der Waals surface area (Å²) in [6.45, 7) is 5.97. The molecule has 106 valence electrons. The van der Waals surface area contributed by atoms with Crippen LogP contribution < -0.4 is 10.1 Å². The Labute approximate surface area is 115 Å². The highest BCUT2D eigenvalue weighted by Crippen LogP contribution is 2.08. The van der Waals surface area contributed by atoms with Gasteiger partial charge in [-0.25, -0.2) is 0 Å². The van der Waals surface area contributed by atoms with Gasteiger partial charge in [-0.3, -0.25) is 4.79 Å². The molecule has 1 aromatic carbocycles. The van der Waals surface area contributed by atoms with Crippen molar-refractivity contribution in [1.29, 1.82) is 0 Å². The number of benzene rings is 1. The second kappa shape index (κ2) is 9.39. The number of rotatable bonds is 9. The lowest BCUT2D eigenvalue weighted by Crippen LogP contribution is -2.29. The zero-order valence-corrected chi connectivity index (χ0v) is 11.7. The van der Waals surface area contributed by atoms with Crippen LogP contribution in [0.4, 0.5) is 0 Å². The lowest BCUT2D eigenvalue weighted by atomic mass is 10.3. The molecule has 0 fully saturated rings. The molecule has 0 saturated heterocycles. The normalized spacial score (nSPS) is 11.9. The fourth-order valence-electron chi connectivity index (χ4n) is 1.58. The fourth-order valence-corrected chi connectivity index (χ4v) is 1.58. The van der Waals surface area contributed by atoms with Gasteiger partial charge in [0.2, 0.25) is 0 Å². The Hall–Kier alpha value is -1.55. The van der Waals surface area contributed by atoms with Crippen molar-refractivity contribution in [3.05, 3.63) is 30.3 Å². The van der Waals surface area contributed by atoms with Crippen molar-refractivity contribution in [2.24, 2.45) is 0 Å². The maximum Gasteiger partial charge on any atom is 0.309 e. The van der Waals surface area contributed by atoms with Gasteiger partial charge < -0.3 is 14.8 Å². The third kappa shape index (κ3) is 7.47. The van der Waals surface area contributed by atoms with Gasteiger partial charge >= 0.3 is 5.97 Å². The lowest BCUT2D eigenvalue weighted by molar-refractivity contribution is -0.148. The average molecular weight is 265 g/mol. The molecule has 0 saturated carbocycles. The maximum atomic E-state index is 11.5. The Morgan fingerprint density at radius 2 is 2.05 bits per heavy atom. The molecule has 1 rings (SSSR count). The molecule has 1 unspecified atom stereocenters. The van der Waals surface area contributed by atoms with Gasteiger partial charge in [0, 0.05) is 6.54 Å². The highest BCUT2D eigenvalue weighted by molar-refractivity contribution is 5.69. The van der Waals surface area contributed by atoms with Gasteiger partial charge in [-0.05, 0) is 32.0 Å². The quantitative estimate of drug-likeness (QED) is 0.550. The van der Waals surface area contributed by atoms with Crippen LogP contribution in [0.3, 0.4) is 0 Å². The Kier molecular flexibility index (Phi) is 7.66. The van der Waals surface area contributed by atoms with E-state index < -0.39 is 0 Å². The number of hydrogen-bond donors (Lipinski definition) is 1. The van der Waals surface area contributed by atoms with Crippen LogP contribution in [0.5, 0.6) is 5.75 Å². The van der Waals surface area contributed by atoms with Crippen LogP contribution >= 0.6 is 0 Å². The Morgan fingerprint density at radius 3 is 2.74 bits per heavy atom.